The van der Waals surface area contributed by atoms with E-state index in [0.717, 1.165) is 24.5 Å². The topological polar surface area (TPSA) is 62.3 Å². The minimum Gasteiger partial charge on any atom is -0.357 e. The molecule has 8 heteroatoms. The number of nitrogens with zero attached hydrogens (tertiary/aromatic N) is 2. The number of sulfonamides is 1. The van der Waals surface area contributed by atoms with Crippen LogP contribution in [0.25, 0.3) is 0 Å². The second-order valence-corrected chi connectivity index (χ2v) is 9.12. The highest BCUT2D eigenvalue weighted by molar-refractivity contribution is 9.11. The molecule has 0 radical (unpaired) electrons. The molecule has 2 heterocycles. The number of pyridine rings is 1. The Hall–Kier alpha value is -0.960. The van der Waals surface area contributed by atoms with Crippen LogP contribution in [0.3, 0.4) is 0 Å². The van der Waals surface area contributed by atoms with Gasteiger partial charge in [0.1, 0.15) is 5.82 Å². The first kappa shape index (κ1) is 17.8. The van der Waals surface area contributed by atoms with Crippen molar-refractivity contribution in [3.63, 3.8) is 0 Å². The van der Waals surface area contributed by atoms with Crippen LogP contribution in [0, 0.1) is 0 Å². The van der Waals surface area contributed by atoms with E-state index < -0.39 is 10.0 Å². The molecule has 0 spiro atoms. The van der Waals surface area contributed by atoms with E-state index in [0.29, 0.717) is 8.95 Å². The minimum absolute atomic E-state index is 0.203. The summed E-state index contributed by atoms with van der Waals surface area (Å²) >= 11 is 6.58. The van der Waals surface area contributed by atoms with Crippen molar-refractivity contribution in [1.29, 1.82) is 0 Å². The Labute approximate surface area is 158 Å². The molecule has 24 heavy (non-hydrogen) atoms. The summed E-state index contributed by atoms with van der Waals surface area (Å²) in [6, 6.07) is 8.92. The summed E-state index contributed by atoms with van der Waals surface area (Å²) < 4.78 is 28.8. The van der Waals surface area contributed by atoms with E-state index in [9.17, 15) is 8.42 Å². The molecule has 1 N–H and O–H groups in total. The van der Waals surface area contributed by atoms with E-state index in [1.165, 1.54) is 12.8 Å². The van der Waals surface area contributed by atoms with Crippen LogP contribution >= 0.6 is 31.9 Å². The van der Waals surface area contributed by atoms with Gasteiger partial charge in [-0.1, -0.05) is 22.0 Å². The number of rotatable bonds is 5. The van der Waals surface area contributed by atoms with Crippen LogP contribution in [0.2, 0.25) is 0 Å². The maximum absolute atomic E-state index is 12.5. The van der Waals surface area contributed by atoms with E-state index in [4.69, 9.17) is 0 Å². The summed E-state index contributed by atoms with van der Waals surface area (Å²) in [5.74, 6) is 0.953. The second kappa shape index (κ2) is 7.51. The molecule has 5 nitrogen and oxygen atoms in total. The molecule has 0 amide bonds. The second-order valence-electron chi connectivity index (χ2n) is 5.62. The first-order valence-electron chi connectivity index (χ1n) is 7.60. The van der Waals surface area contributed by atoms with Crippen LogP contribution in [-0.2, 0) is 16.6 Å². The summed E-state index contributed by atoms with van der Waals surface area (Å²) in [5.41, 5.74) is 0.827. The third kappa shape index (κ3) is 4.17. The minimum atomic E-state index is -3.60. The van der Waals surface area contributed by atoms with Crippen molar-refractivity contribution in [2.45, 2.75) is 24.3 Å². The van der Waals surface area contributed by atoms with Crippen LogP contribution in [0.4, 0.5) is 5.82 Å². The molecular formula is C16H17Br2N3O2S. The van der Waals surface area contributed by atoms with Crippen molar-refractivity contribution in [3.8, 4) is 0 Å². The van der Waals surface area contributed by atoms with Gasteiger partial charge in [-0.25, -0.2) is 18.1 Å². The Bertz CT molecular complexity index is 820. The molecule has 0 saturated carbocycles. The van der Waals surface area contributed by atoms with Gasteiger partial charge in [0.2, 0.25) is 10.0 Å². The maximum Gasteiger partial charge on any atom is 0.242 e. The zero-order chi connectivity index (χ0) is 17.2. The highest BCUT2D eigenvalue weighted by Gasteiger charge is 2.18. The van der Waals surface area contributed by atoms with Gasteiger partial charge in [-0.15, -0.1) is 0 Å². The fraction of sp³-hybridized carbons (Fsp3) is 0.312. The Kier molecular flexibility index (Phi) is 5.59. The lowest BCUT2D eigenvalue weighted by Crippen LogP contribution is -2.24. The van der Waals surface area contributed by atoms with Crippen LogP contribution in [0.15, 0.2) is 50.4 Å². The van der Waals surface area contributed by atoms with Crippen LogP contribution < -0.4 is 9.62 Å². The van der Waals surface area contributed by atoms with E-state index in [1.54, 1.807) is 24.4 Å². The summed E-state index contributed by atoms with van der Waals surface area (Å²) in [6.07, 6.45) is 4.13. The third-order valence-electron chi connectivity index (χ3n) is 3.89. The number of benzene rings is 1. The van der Waals surface area contributed by atoms with Gasteiger partial charge in [0.15, 0.2) is 0 Å². The summed E-state index contributed by atoms with van der Waals surface area (Å²) in [4.78, 5) is 6.89. The molecule has 1 fully saturated rings. The zero-order valence-electron chi connectivity index (χ0n) is 12.9. The predicted octanol–water partition coefficient (Wildman–Crippen LogP) is 3.69. The van der Waals surface area contributed by atoms with Crippen LogP contribution in [0.1, 0.15) is 18.4 Å². The fourth-order valence-corrected chi connectivity index (χ4v) is 5.11. The molecule has 1 aliphatic rings. The molecule has 0 bridgehead atoms. The van der Waals surface area contributed by atoms with E-state index in [1.807, 2.05) is 12.1 Å². The Balaban J connectivity index is 1.69. The Morgan fingerprint density at radius 3 is 2.54 bits per heavy atom. The van der Waals surface area contributed by atoms with Gasteiger partial charge in [-0.05, 0) is 58.6 Å². The first-order valence-corrected chi connectivity index (χ1v) is 10.7. The van der Waals surface area contributed by atoms with Gasteiger partial charge in [-0.3, -0.25) is 0 Å². The molecular weight excluding hydrogens is 458 g/mol. The normalized spacial score (nSPS) is 15.0. The molecule has 1 saturated heterocycles. The van der Waals surface area contributed by atoms with Crippen LogP contribution in [-0.4, -0.2) is 26.5 Å². The average molecular weight is 475 g/mol. The number of anilines is 1. The van der Waals surface area contributed by atoms with Crippen molar-refractivity contribution in [3.05, 3.63) is 51.0 Å². The van der Waals surface area contributed by atoms with Gasteiger partial charge in [0.05, 0.1) is 4.90 Å². The highest BCUT2D eigenvalue weighted by atomic mass is 79.9. The molecule has 0 atom stereocenters. The summed E-state index contributed by atoms with van der Waals surface area (Å²) in [5, 5.41) is 0. The SMILES string of the molecule is O=S(=O)(NCc1ccc(N2CCCC2)nc1)c1cc(Br)ccc1Br. The Morgan fingerprint density at radius 2 is 1.88 bits per heavy atom. The number of halogens is 2. The highest BCUT2D eigenvalue weighted by Crippen LogP contribution is 2.25. The van der Waals surface area contributed by atoms with Gasteiger partial charge < -0.3 is 4.90 Å². The average Bonchev–Trinajstić information content (AvgIpc) is 3.10. The quantitative estimate of drug-likeness (QED) is 0.717. The standard InChI is InChI=1S/C16H17Br2N3O2S/c17-13-4-5-14(18)15(9-13)24(22,23)20-11-12-3-6-16(19-10-12)21-7-1-2-8-21/h3-6,9-10,20H,1-2,7-8,11H2. The fourth-order valence-electron chi connectivity index (χ4n) is 2.59. The number of aromatic nitrogens is 1. The van der Waals surface area contributed by atoms with E-state index in [-0.39, 0.29) is 11.4 Å². The number of hydrogen-bond donors (Lipinski definition) is 1. The number of hydrogen-bond acceptors (Lipinski definition) is 4. The predicted molar refractivity (Wildman–Crippen MR) is 102 cm³/mol. The van der Waals surface area contributed by atoms with Crippen molar-refractivity contribution >= 4 is 47.7 Å². The smallest absolute Gasteiger partial charge is 0.242 e. The zero-order valence-corrected chi connectivity index (χ0v) is 16.9. The molecule has 3 rings (SSSR count). The Morgan fingerprint density at radius 1 is 1.12 bits per heavy atom. The van der Waals surface area contributed by atoms with Gasteiger partial charge >= 0.3 is 0 Å². The molecule has 0 aliphatic carbocycles. The largest absolute Gasteiger partial charge is 0.357 e. The molecule has 2 aromatic rings. The van der Waals surface area contributed by atoms with E-state index >= 15 is 0 Å². The lowest BCUT2D eigenvalue weighted by Gasteiger charge is -2.16. The van der Waals surface area contributed by atoms with Gasteiger partial charge in [0, 0.05) is 34.8 Å². The summed E-state index contributed by atoms with van der Waals surface area (Å²) in [7, 11) is -3.60. The first-order chi connectivity index (χ1) is 11.5. The molecule has 1 aliphatic heterocycles. The van der Waals surface area contributed by atoms with E-state index in [2.05, 4.69) is 46.5 Å². The van der Waals surface area contributed by atoms with Gasteiger partial charge in [0.25, 0.3) is 0 Å². The third-order valence-corrected chi connectivity index (χ3v) is 6.78. The lowest BCUT2D eigenvalue weighted by atomic mass is 10.3. The molecule has 128 valence electrons. The van der Waals surface area contributed by atoms with Gasteiger partial charge in [-0.2, -0.15) is 0 Å². The van der Waals surface area contributed by atoms with Crippen molar-refractivity contribution in [2.24, 2.45) is 0 Å². The summed E-state index contributed by atoms with van der Waals surface area (Å²) in [6.45, 7) is 2.28. The van der Waals surface area contributed by atoms with Crippen molar-refractivity contribution in [1.82, 2.24) is 9.71 Å². The number of nitrogens with one attached hydrogen (secondary N) is 1. The van der Waals surface area contributed by atoms with Crippen molar-refractivity contribution < 1.29 is 8.42 Å². The molecule has 0 unspecified atom stereocenters. The lowest BCUT2D eigenvalue weighted by molar-refractivity contribution is 0.580. The maximum atomic E-state index is 12.5. The molecule has 1 aromatic heterocycles. The van der Waals surface area contributed by atoms with Crippen molar-refractivity contribution in [2.75, 3.05) is 18.0 Å². The monoisotopic (exact) mass is 473 g/mol. The molecule has 1 aromatic carbocycles. The van der Waals surface area contributed by atoms with Crippen LogP contribution in [0.5, 0.6) is 0 Å².